The van der Waals surface area contributed by atoms with Gasteiger partial charge in [0, 0.05) is 31.4 Å². The Hall–Kier alpha value is -3.95. The standard InChI is InChI=1S/C19H19N3O7/c1-21(2)19(25)13-7-9-14(10-8-13)20-17(23)11-29-18(24)12-28-16-6-4-3-5-15(16)22(26)27/h3-10H,11-12H2,1-2H3,(H,20,23). The number of benzene rings is 2. The summed E-state index contributed by atoms with van der Waals surface area (Å²) in [5, 5.41) is 13.4. The lowest BCUT2D eigenvalue weighted by Gasteiger charge is -2.11. The van der Waals surface area contributed by atoms with E-state index in [9.17, 15) is 24.5 Å². The minimum Gasteiger partial charge on any atom is -0.475 e. The van der Waals surface area contributed by atoms with Crippen LogP contribution in [-0.4, -0.2) is 54.9 Å². The molecule has 0 fully saturated rings. The quantitative estimate of drug-likeness (QED) is 0.406. The average molecular weight is 401 g/mol. The maximum Gasteiger partial charge on any atom is 0.344 e. The number of para-hydroxylation sites is 2. The monoisotopic (exact) mass is 401 g/mol. The fourth-order valence-electron chi connectivity index (χ4n) is 2.21. The normalized spacial score (nSPS) is 10.0. The van der Waals surface area contributed by atoms with Crippen LogP contribution < -0.4 is 10.1 Å². The van der Waals surface area contributed by atoms with E-state index in [-0.39, 0.29) is 17.3 Å². The van der Waals surface area contributed by atoms with Crippen LogP contribution in [0.2, 0.25) is 0 Å². The molecule has 152 valence electrons. The molecule has 2 aromatic carbocycles. The molecule has 1 N–H and O–H groups in total. The number of ether oxygens (including phenoxy) is 2. The van der Waals surface area contributed by atoms with Crippen LogP contribution in [0.4, 0.5) is 11.4 Å². The number of anilines is 1. The van der Waals surface area contributed by atoms with Gasteiger partial charge < -0.3 is 19.7 Å². The van der Waals surface area contributed by atoms with Gasteiger partial charge in [0.2, 0.25) is 0 Å². The average Bonchev–Trinajstić information content (AvgIpc) is 2.70. The number of hydrogen-bond acceptors (Lipinski definition) is 7. The SMILES string of the molecule is CN(C)C(=O)c1ccc(NC(=O)COC(=O)COc2ccccc2[N+](=O)[O-])cc1. The largest absolute Gasteiger partial charge is 0.475 e. The Morgan fingerprint density at radius 3 is 2.31 bits per heavy atom. The van der Waals surface area contributed by atoms with Gasteiger partial charge in [0.1, 0.15) is 0 Å². The Kier molecular flexibility index (Phi) is 7.24. The summed E-state index contributed by atoms with van der Waals surface area (Å²) in [5.41, 5.74) is 0.610. The summed E-state index contributed by atoms with van der Waals surface area (Å²) in [4.78, 5) is 47.1. The lowest BCUT2D eigenvalue weighted by atomic mass is 10.2. The van der Waals surface area contributed by atoms with Crippen molar-refractivity contribution in [3.63, 3.8) is 0 Å². The van der Waals surface area contributed by atoms with Gasteiger partial charge in [-0.1, -0.05) is 12.1 Å². The first kappa shape index (κ1) is 21.4. The zero-order chi connectivity index (χ0) is 21.4. The van der Waals surface area contributed by atoms with Gasteiger partial charge in [-0.3, -0.25) is 19.7 Å². The molecule has 0 spiro atoms. The van der Waals surface area contributed by atoms with Crippen molar-refractivity contribution < 1.29 is 28.8 Å². The summed E-state index contributed by atoms with van der Waals surface area (Å²) >= 11 is 0. The third-order valence-electron chi connectivity index (χ3n) is 3.59. The predicted octanol–water partition coefficient (Wildman–Crippen LogP) is 1.86. The molecule has 10 heteroatoms. The van der Waals surface area contributed by atoms with Crippen molar-refractivity contribution in [1.29, 1.82) is 0 Å². The van der Waals surface area contributed by atoms with Crippen molar-refractivity contribution >= 4 is 29.2 Å². The molecule has 0 aliphatic carbocycles. The number of nitrogens with one attached hydrogen (secondary N) is 1. The highest BCUT2D eigenvalue weighted by atomic mass is 16.6. The number of esters is 1. The molecule has 0 aliphatic rings. The highest BCUT2D eigenvalue weighted by Crippen LogP contribution is 2.25. The molecule has 0 heterocycles. The van der Waals surface area contributed by atoms with Crippen LogP contribution in [0.15, 0.2) is 48.5 Å². The van der Waals surface area contributed by atoms with E-state index in [1.54, 1.807) is 38.4 Å². The van der Waals surface area contributed by atoms with E-state index in [2.05, 4.69) is 5.32 Å². The van der Waals surface area contributed by atoms with Crippen LogP contribution in [0.5, 0.6) is 5.75 Å². The first-order chi connectivity index (χ1) is 13.8. The Bertz CT molecular complexity index is 910. The summed E-state index contributed by atoms with van der Waals surface area (Å²) in [6, 6.07) is 11.8. The molecule has 0 unspecified atom stereocenters. The van der Waals surface area contributed by atoms with Crippen molar-refractivity contribution in [1.82, 2.24) is 4.90 Å². The van der Waals surface area contributed by atoms with Crippen LogP contribution in [0.3, 0.4) is 0 Å². The first-order valence-electron chi connectivity index (χ1n) is 8.41. The Morgan fingerprint density at radius 1 is 1.03 bits per heavy atom. The molecule has 0 radical (unpaired) electrons. The molecule has 0 saturated carbocycles. The van der Waals surface area contributed by atoms with Crippen molar-refractivity contribution in [2.24, 2.45) is 0 Å². The van der Waals surface area contributed by atoms with E-state index in [0.29, 0.717) is 11.3 Å². The number of rotatable bonds is 8. The third-order valence-corrected chi connectivity index (χ3v) is 3.59. The maximum atomic E-state index is 11.9. The summed E-state index contributed by atoms with van der Waals surface area (Å²) < 4.78 is 9.87. The minimum absolute atomic E-state index is 0.0775. The molecule has 0 bridgehead atoms. The Morgan fingerprint density at radius 2 is 1.69 bits per heavy atom. The van der Waals surface area contributed by atoms with Crippen molar-refractivity contribution in [2.45, 2.75) is 0 Å². The summed E-state index contributed by atoms with van der Waals surface area (Å²) in [6.45, 7) is -1.14. The molecule has 0 saturated heterocycles. The fraction of sp³-hybridized carbons (Fsp3) is 0.211. The number of amides is 2. The zero-order valence-electron chi connectivity index (χ0n) is 15.8. The molecule has 2 rings (SSSR count). The second-order valence-electron chi connectivity index (χ2n) is 6.00. The van der Waals surface area contributed by atoms with Crippen molar-refractivity contribution in [3.8, 4) is 5.75 Å². The van der Waals surface area contributed by atoms with Crippen molar-refractivity contribution in [3.05, 3.63) is 64.2 Å². The van der Waals surface area contributed by atoms with Crippen molar-refractivity contribution in [2.75, 3.05) is 32.6 Å². The number of nitro groups is 1. The van der Waals surface area contributed by atoms with Crippen LogP contribution in [0, 0.1) is 10.1 Å². The second-order valence-corrected chi connectivity index (χ2v) is 6.00. The van der Waals surface area contributed by atoms with Gasteiger partial charge in [0.25, 0.3) is 11.8 Å². The molecule has 0 atom stereocenters. The van der Waals surface area contributed by atoms with Crippen LogP contribution >= 0.6 is 0 Å². The highest BCUT2D eigenvalue weighted by molar-refractivity contribution is 5.96. The minimum atomic E-state index is -0.856. The van der Waals surface area contributed by atoms with Gasteiger partial charge in [0.05, 0.1) is 4.92 Å². The molecule has 0 aliphatic heterocycles. The van der Waals surface area contributed by atoms with E-state index in [0.717, 1.165) is 0 Å². The zero-order valence-corrected chi connectivity index (χ0v) is 15.8. The van der Waals surface area contributed by atoms with Gasteiger partial charge in [0.15, 0.2) is 19.0 Å². The molecule has 2 aromatic rings. The van der Waals surface area contributed by atoms with Gasteiger partial charge >= 0.3 is 11.7 Å². The number of nitro benzene ring substituents is 1. The topological polar surface area (TPSA) is 128 Å². The van der Waals surface area contributed by atoms with E-state index in [4.69, 9.17) is 9.47 Å². The molecular formula is C19H19N3O7. The van der Waals surface area contributed by atoms with E-state index < -0.39 is 30.0 Å². The predicted molar refractivity (Wildman–Crippen MR) is 103 cm³/mol. The van der Waals surface area contributed by atoms with E-state index >= 15 is 0 Å². The van der Waals surface area contributed by atoms with Gasteiger partial charge in [-0.15, -0.1) is 0 Å². The molecule has 0 aromatic heterocycles. The fourth-order valence-corrected chi connectivity index (χ4v) is 2.21. The number of nitrogens with zero attached hydrogens (tertiary/aromatic N) is 2. The first-order valence-corrected chi connectivity index (χ1v) is 8.41. The van der Waals surface area contributed by atoms with Crippen LogP contribution in [0.1, 0.15) is 10.4 Å². The molecule has 10 nitrogen and oxygen atoms in total. The smallest absolute Gasteiger partial charge is 0.344 e. The number of hydrogen-bond donors (Lipinski definition) is 1. The lowest BCUT2D eigenvalue weighted by molar-refractivity contribution is -0.385. The second kappa shape index (κ2) is 9.83. The summed E-state index contributed by atoms with van der Waals surface area (Å²) in [5.74, 6) is -1.69. The summed E-state index contributed by atoms with van der Waals surface area (Å²) in [6.07, 6.45) is 0. The van der Waals surface area contributed by atoms with E-state index in [1.165, 1.54) is 29.2 Å². The van der Waals surface area contributed by atoms with Crippen LogP contribution in [0.25, 0.3) is 0 Å². The number of carbonyl (C=O) groups is 3. The molecular weight excluding hydrogens is 382 g/mol. The maximum absolute atomic E-state index is 11.9. The van der Waals surface area contributed by atoms with Gasteiger partial charge in [-0.25, -0.2) is 4.79 Å². The Labute approximate surface area is 166 Å². The van der Waals surface area contributed by atoms with Gasteiger partial charge in [-0.2, -0.15) is 0 Å². The summed E-state index contributed by atoms with van der Waals surface area (Å²) in [7, 11) is 3.26. The highest BCUT2D eigenvalue weighted by Gasteiger charge is 2.16. The number of carbonyl (C=O) groups excluding carboxylic acids is 3. The van der Waals surface area contributed by atoms with Gasteiger partial charge in [-0.05, 0) is 30.3 Å². The lowest BCUT2D eigenvalue weighted by Crippen LogP contribution is -2.24. The van der Waals surface area contributed by atoms with E-state index in [1.807, 2.05) is 0 Å². The van der Waals surface area contributed by atoms with Crippen LogP contribution in [-0.2, 0) is 14.3 Å². The third kappa shape index (κ3) is 6.31. The molecule has 29 heavy (non-hydrogen) atoms. The molecule has 2 amide bonds. The Balaban J connectivity index is 1.80.